The van der Waals surface area contributed by atoms with Gasteiger partial charge >= 0.3 is 19.8 Å². The summed E-state index contributed by atoms with van der Waals surface area (Å²) in [5.41, 5.74) is 0. The number of phosphoric ester groups is 1. The molecule has 1 saturated heterocycles. The van der Waals surface area contributed by atoms with Crippen LogP contribution >= 0.6 is 7.82 Å². The number of esters is 2. The predicted octanol–water partition coefficient (Wildman–Crippen LogP) is 9.78. The lowest BCUT2D eigenvalue weighted by atomic mass is 10.00. The molecule has 0 aromatic rings. The van der Waals surface area contributed by atoms with Crippen LogP contribution in [0.3, 0.4) is 0 Å². The molecule has 5 N–H and O–H groups in total. The van der Waals surface area contributed by atoms with E-state index in [2.05, 4.69) is 50.3 Å². The zero-order valence-electron chi connectivity index (χ0n) is 37.5. The van der Waals surface area contributed by atoms with Crippen molar-refractivity contribution in [1.29, 1.82) is 0 Å². The molecule has 14 heteroatoms. The van der Waals surface area contributed by atoms with Crippen molar-refractivity contribution in [3.05, 3.63) is 48.6 Å². The average molecular weight is 887 g/mol. The van der Waals surface area contributed by atoms with E-state index in [1.807, 2.05) is 12.2 Å². The van der Waals surface area contributed by atoms with Crippen LogP contribution in [0.2, 0.25) is 0 Å². The SMILES string of the molecule is CCCCC/C=C\C/C=C\C/C=C\C/C=C\CCCC(=O)O[C@H](COC(=O)CCCCCCCCCCCCCCCCC)COP(=O)(O)O[C@@H]1O[C@H](CO)[C@@H](O)C(O)C1O. The molecule has 13 nitrogen and oxygen atoms in total. The third-order valence-corrected chi connectivity index (χ3v) is 11.4. The van der Waals surface area contributed by atoms with Crippen molar-refractivity contribution in [3.63, 3.8) is 0 Å². The summed E-state index contributed by atoms with van der Waals surface area (Å²) in [6.07, 6.45) is 33.8. The summed E-state index contributed by atoms with van der Waals surface area (Å²) >= 11 is 0. The second kappa shape index (κ2) is 38.3. The summed E-state index contributed by atoms with van der Waals surface area (Å²) in [6, 6.07) is 0. The summed E-state index contributed by atoms with van der Waals surface area (Å²) in [4.78, 5) is 35.7. The Morgan fingerprint density at radius 1 is 0.590 bits per heavy atom. The van der Waals surface area contributed by atoms with Crippen LogP contribution in [0, 0.1) is 0 Å². The molecule has 0 aliphatic carbocycles. The van der Waals surface area contributed by atoms with Crippen LogP contribution in [0.25, 0.3) is 0 Å². The normalized spacial score (nSPS) is 21.2. The number of unbranched alkanes of at least 4 members (excludes halogenated alkanes) is 18. The molecule has 0 spiro atoms. The van der Waals surface area contributed by atoms with E-state index in [-0.39, 0.29) is 12.8 Å². The van der Waals surface area contributed by atoms with Crippen LogP contribution in [0.4, 0.5) is 0 Å². The van der Waals surface area contributed by atoms with Gasteiger partial charge in [-0.05, 0) is 51.4 Å². The van der Waals surface area contributed by atoms with Crippen molar-refractivity contribution >= 4 is 19.8 Å². The van der Waals surface area contributed by atoms with Crippen LogP contribution in [0.15, 0.2) is 48.6 Å². The lowest BCUT2D eigenvalue weighted by Gasteiger charge is -2.39. The van der Waals surface area contributed by atoms with E-state index >= 15 is 0 Å². The Morgan fingerprint density at radius 3 is 1.57 bits per heavy atom. The zero-order valence-corrected chi connectivity index (χ0v) is 38.4. The number of carbonyl (C=O) groups is 2. The Labute approximate surface area is 367 Å². The summed E-state index contributed by atoms with van der Waals surface area (Å²) in [5.74, 6) is -1.12. The third kappa shape index (κ3) is 31.3. The first-order chi connectivity index (χ1) is 29.5. The molecular weight excluding hydrogens is 803 g/mol. The first-order valence-electron chi connectivity index (χ1n) is 23.5. The maximum atomic E-state index is 12.8. The van der Waals surface area contributed by atoms with Gasteiger partial charge in [0.15, 0.2) is 12.4 Å². The maximum Gasteiger partial charge on any atom is 0.474 e. The lowest BCUT2D eigenvalue weighted by molar-refractivity contribution is -0.281. The molecule has 0 aromatic heterocycles. The van der Waals surface area contributed by atoms with Crippen LogP contribution in [0.5, 0.6) is 0 Å². The minimum Gasteiger partial charge on any atom is -0.462 e. The van der Waals surface area contributed by atoms with E-state index in [1.54, 1.807) is 0 Å². The molecule has 1 heterocycles. The summed E-state index contributed by atoms with van der Waals surface area (Å²) in [6.45, 7) is 2.54. The molecule has 1 aliphatic heterocycles. The predicted molar refractivity (Wildman–Crippen MR) is 239 cm³/mol. The fourth-order valence-corrected chi connectivity index (χ4v) is 7.53. The number of rotatable bonds is 39. The van der Waals surface area contributed by atoms with Crippen molar-refractivity contribution in [2.75, 3.05) is 19.8 Å². The monoisotopic (exact) mass is 887 g/mol. The van der Waals surface area contributed by atoms with Gasteiger partial charge in [-0.15, -0.1) is 0 Å². The Kier molecular flexibility index (Phi) is 35.7. The molecule has 0 aromatic carbocycles. The largest absolute Gasteiger partial charge is 0.474 e. The summed E-state index contributed by atoms with van der Waals surface area (Å²) in [7, 11) is -5.04. The average Bonchev–Trinajstić information content (AvgIpc) is 3.24. The molecule has 0 bridgehead atoms. The number of hydrogen-bond donors (Lipinski definition) is 5. The van der Waals surface area contributed by atoms with Gasteiger partial charge < -0.3 is 39.5 Å². The standard InChI is InChI=1S/C47H83O13P/c1-3-5-7-9-11-13-15-17-19-20-22-24-26-28-30-32-34-36-43(50)58-40(39-57-61(54,55)60-47-46(53)45(52)44(51)41(37-48)59-47)38-56-42(49)35-33-31-29-27-25-23-21-18-16-14-12-10-8-6-4-2/h11,13,17,19,22,24,28,30,40-41,44-48,51-53H,3-10,12,14-16,18,20-21,23,25-27,29,31-39H2,1-2H3,(H,54,55)/b13-11-,19-17-,24-22-,30-28-/t40-,41-,44-,45?,46?,47+/m1/s1. The van der Waals surface area contributed by atoms with Gasteiger partial charge in [0.25, 0.3) is 0 Å². The molecule has 3 unspecified atom stereocenters. The zero-order chi connectivity index (χ0) is 44.8. The minimum atomic E-state index is -5.04. The first kappa shape index (κ1) is 56.8. The van der Waals surface area contributed by atoms with Crippen LogP contribution in [0.1, 0.15) is 181 Å². The van der Waals surface area contributed by atoms with E-state index in [4.69, 9.17) is 23.3 Å². The summed E-state index contributed by atoms with van der Waals surface area (Å²) < 4.78 is 38.7. The van der Waals surface area contributed by atoms with Gasteiger partial charge in [-0.25, -0.2) is 4.57 Å². The highest BCUT2D eigenvalue weighted by Gasteiger charge is 2.47. The number of ether oxygens (including phenoxy) is 3. The van der Waals surface area contributed by atoms with Crippen LogP contribution < -0.4 is 0 Å². The second-order valence-corrected chi connectivity index (χ2v) is 17.4. The molecule has 0 radical (unpaired) electrons. The fraction of sp³-hybridized carbons (Fsp3) is 0.787. The Morgan fingerprint density at radius 2 is 1.05 bits per heavy atom. The van der Waals surface area contributed by atoms with E-state index in [0.29, 0.717) is 19.3 Å². The lowest BCUT2D eigenvalue weighted by Crippen LogP contribution is -2.58. The second-order valence-electron chi connectivity index (χ2n) is 16.0. The van der Waals surface area contributed by atoms with Crippen LogP contribution in [-0.4, -0.2) is 93.9 Å². The number of phosphoric acid groups is 1. The number of aliphatic hydroxyl groups excluding tert-OH is 4. The van der Waals surface area contributed by atoms with Gasteiger partial charge in [0.1, 0.15) is 31.0 Å². The molecule has 7 atom stereocenters. The summed E-state index contributed by atoms with van der Waals surface area (Å²) in [5, 5.41) is 39.6. The Bertz CT molecular complexity index is 1250. The minimum absolute atomic E-state index is 0.0414. The maximum absolute atomic E-state index is 12.8. The van der Waals surface area contributed by atoms with Gasteiger partial charge in [-0.1, -0.05) is 165 Å². The Balaban J connectivity index is 2.49. The van der Waals surface area contributed by atoms with Crippen molar-refractivity contribution in [1.82, 2.24) is 0 Å². The van der Waals surface area contributed by atoms with Crippen molar-refractivity contribution < 1.29 is 62.7 Å². The fourth-order valence-electron chi connectivity index (χ4n) is 6.68. The van der Waals surface area contributed by atoms with E-state index in [9.17, 15) is 39.5 Å². The van der Waals surface area contributed by atoms with Gasteiger partial charge in [-0.2, -0.15) is 0 Å². The highest BCUT2D eigenvalue weighted by Crippen LogP contribution is 2.46. The molecular formula is C47H83O13P. The molecule has 1 fully saturated rings. The van der Waals surface area contributed by atoms with Gasteiger partial charge in [0, 0.05) is 12.8 Å². The molecule has 0 amide bonds. The highest BCUT2D eigenvalue weighted by molar-refractivity contribution is 7.47. The molecule has 0 saturated carbocycles. The van der Waals surface area contributed by atoms with E-state index < -0.39 is 76.4 Å². The van der Waals surface area contributed by atoms with Crippen molar-refractivity contribution in [2.45, 2.75) is 218 Å². The van der Waals surface area contributed by atoms with E-state index in [0.717, 1.165) is 44.9 Å². The topological polar surface area (TPSA) is 199 Å². The third-order valence-electron chi connectivity index (χ3n) is 10.4. The Hall–Kier alpha value is -2.19. The number of carbonyl (C=O) groups excluding carboxylic acids is 2. The number of hydrogen-bond acceptors (Lipinski definition) is 12. The molecule has 1 rings (SSSR count). The van der Waals surface area contributed by atoms with Gasteiger partial charge in [0.2, 0.25) is 0 Å². The van der Waals surface area contributed by atoms with Crippen LogP contribution in [-0.2, 0) is 37.4 Å². The number of aliphatic hydroxyl groups is 4. The van der Waals surface area contributed by atoms with Crippen molar-refractivity contribution in [2.24, 2.45) is 0 Å². The van der Waals surface area contributed by atoms with Crippen molar-refractivity contribution in [3.8, 4) is 0 Å². The highest BCUT2D eigenvalue weighted by atomic mass is 31.2. The molecule has 354 valence electrons. The first-order valence-corrected chi connectivity index (χ1v) is 24.9. The number of allylic oxidation sites excluding steroid dienone is 8. The van der Waals surface area contributed by atoms with Gasteiger partial charge in [-0.3, -0.25) is 18.6 Å². The molecule has 61 heavy (non-hydrogen) atoms. The smallest absolute Gasteiger partial charge is 0.462 e. The van der Waals surface area contributed by atoms with Gasteiger partial charge in [0.05, 0.1) is 13.2 Å². The molecule has 1 aliphatic rings. The van der Waals surface area contributed by atoms with E-state index in [1.165, 1.54) is 89.9 Å². The quantitative estimate of drug-likeness (QED) is 0.0169.